The minimum absolute atomic E-state index is 0.143. The van der Waals surface area contributed by atoms with E-state index in [-0.39, 0.29) is 24.2 Å². The van der Waals surface area contributed by atoms with Crippen LogP contribution in [0.15, 0.2) is 18.2 Å². The fourth-order valence-electron chi connectivity index (χ4n) is 2.31. The number of rotatable bonds is 4. The maximum atomic E-state index is 13.2. The highest BCUT2D eigenvalue weighted by molar-refractivity contribution is 5.75. The molecule has 1 atom stereocenters. The van der Waals surface area contributed by atoms with Crippen LogP contribution in [0.3, 0.4) is 0 Å². The third-order valence-electron chi connectivity index (χ3n) is 3.13. The van der Waals surface area contributed by atoms with Gasteiger partial charge in [0.05, 0.1) is 0 Å². The number of fused-ring (bicyclic) bond motifs is 1. The number of hydrogen-bond acceptors (Lipinski definition) is 3. The monoisotopic (exact) mass is 237 g/mol. The van der Waals surface area contributed by atoms with Gasteiger partial charge in [0.15, 0.2) is 0 Å². The Morgan fingerprint density at radius 1 is 1.53 bits per heavy atom. The number of halogens is 1. The highest BCUT2D eigenvalue weighted by Crippen LogP contribution is 2.30. The van der Waals surface area contributed by atoms with Crippen LogP contribution in [-0.4, -0.2) is 25.0 Å². The van der Waals surface area contributed by atoms with Crippen molar-refractivity contribution in [3.05, 3.63) is 29.6 Å². The van der Waals surface area contributed by atoms with Crippen LogP contribution in [0.1, 0.15) is 12.0 Å². The first-order valence-corrected chi connectivity index (χ1v) is 5.65. The van der Waals surface area contributed by atoms with Gasteiger partial charge < -0.3 is 16.4 Å². The molecular formula is C12H16FN3O. The van der Waals surface area contributed by atoms with Crippen LogP contribution < -0.4 is 16.4 Å². The lowest BCUT2D eigenvalue weighted by atomic mass is 10.1. The van der Waals surface area contributed by atoms with Crippen molar-refractivity contribution in [1.29, 1.82) is 0 Å². The zero-order chi connectivity index (χ0) is 12.4. The summed E-state index contributed by atoms with van der Waals surface area (Å²) in [7, 11) is 0. The van der Waals surface area contributed by atoms with E-state index in [0.717, 1.165) is 24.2 Å². The molecule has 1 unspecified atom stereocenters. The van der Waals surface area contributed by atoms with E-state index in [0.29, 0.717) is 6.54 Å². The van der Waals surface area contributed by atoms with Gasteiger partial charge in [0, 0.05) is 31.2 Å². The van der Waals surface area contributed by atoms with E-state index < -0.39 is 0 Å². The lowest BCUT2D eigenvalue weighted by molar-refractivity contribution is -0.118. The summed E-state index contributed by atoms with van der Waals surface area (Å²) in [5, 5.41) is 0. The summed E-state index contributed by atoms with van der Waals surface area (Å²) >= 11 is 0. The second-order valence-electron chi connectivity index (χ2n) is 4.28. The van der Waals surface area contributed by atoms with Crippen LogP contribution in [-0.2, 0) is 11.2 Å². The number of anilines is 1. The van der Waals surface area contributed by atoms with Gasteiger partial charge in [-0.3, -0.25) is 4.79 Å². The molecule has 0 aliphatic carbocycles. The van der Waals surface area contributed by atoms with Crippen LogP contribution >= 0.6 is 0 Å². The molecule has 0 saturated carbocycles. The van der Waals surface area contributed by atoms with Crippen molar-refractivity contribution in [3.8, 4) is 0 Å². The van der Waals surface area contributed by atoms with Crippen LogP contribution in [0.4, 0.5) is 10.1 Å². The number of amides is 1. The maximum absolute atomic E-state index is 13.2. The Morgan fingerprint density at radius 3 is 2.94 bits per heavy atom. The number of hydrogen-bond donors (Lipinski definition) is 2. The Morgan fingerprint density at radius 2 is 2.29 bits per heavy atom. The molecule has 1 heterocycles. The average molecular weight is 237 g/mol. The molecule has 1 aliphatic heterocycles. The number of nitrogens with two attached hydrogens (primary N) is 2. The normalized spacial score (nSPS) is 15.8. The van der Waals surface area contributed by atoms with Gasteiger partial charge in [-0.2, -0.15) is 0 Å². The Hall–Kier alpha value is -1.62. The van der Waals surface area contributed by atoms with E-state index in [1.165, 1.54) is 12.1 Å². The Labute approximate surface area is 99.4 Å². The van der Waals surface area contributed by atoms with Gasteiger partial charge in [-0.05, 0) is 24.1 Å². The predicted octanol–water partition coefficient (Wildman–Crippen LogP) is 0.391. The van der Waals surface area contributed by atoms with Crippen molar-refractivity contribution in [2.45, 2.75) is 18.9 Å². The van der Waals surface area contributed by atoms with Gasteiger partial charge >= 0.3 is 0 Å². The summed E-state index contributed by atoms with van der Waals surface area (Å²) in [5.41, 5.74) is 12.8. The molecule has 0 bridgehead atoms. The second-order valence-corrected chi connectivity index (χ2v) is 4.28. The first-order chi connectivity index (χ1) is 8.11. The lowest BCUT2D eigenvalue weighted by Gasteiger charge is -2.28. The van der Waals surface area contributed by atoms with Gasteiger partial charge in [-0.15, -0.1) is 0 Å². The van der Waals surface area contributed by atoms with Crippen molar-refractivity contribution >= 4 is 11.6 Å². The minimum Gasteiger partial charge on any atom is -0.370 e. The molecule has 17 heavy (non-hydrogen) atoms. The molecule has 1 amide bonds. The third-order valence-corrected chi connectivity index (χ3v) is 3.13. The molecule has 1 aromatic rings. The number of carbonyl (C=O) groups excluding carboxylic acids is 1. The zero-order valence-electron chi connectivity index (χ0n) is 9.53. The molecule has 0 fully saturated rings. The maximum Gasteiger partial charge on any atom is 0.219 e. The summed E-state index contributed by atoms with van der Waals surface area (Å²) in [6.45, 7) is 1.09. The fraction of sp³-hybridized carbons (Fsp3) is 0.417. The van der Waals surface area contributed by atoms with Gasteiger partial charge in [-0.1, -0.05) is 6.07 Å². The van der Waals surface area contributed by atoms with Crippen molar-refractivity contribution in [1.82, 2.24) is 0 Å². The van der Waals surface area contributed by atoms with Gasteiger partial charge in [0.2, 0.25) is 5.91 Å². The Balaban J connectivity index is 2.25. The van der Waals surface area contributed by atoms with E-state index in [1.54, 1.807) is 6.07 Å². The molecule has 92 valence electrons. The average Bonchev–Trinajstić information content (AvgIpc) is 2.68. The van der Waals surface area contributed by atoms with Crippen LogP contribution in [0, 0.1) is 5.82 Å². The van der Waals surface area contributed by atoms with Crippen LogP contribution in [0.5, 0.6) is 0 Å². The standard InChI is InChI=1S/C12H16FN3O/c13-9-2-1-8-3-4-16(11(8)5-9)10(7-14)6-12(15)17/h1-2,5,10H,3-4,6-7,14H2,(H2,15,17). The van der Waals surface area contributed by atoms with Gasteiger partial charge in [0.25, 0.3) is 0 Å². The van der Waals surface area contributed by atoms with Gasteiger partial charge in [-0.25, -0.2) is 4.39 Å². The highest BCUT2D eigenvalue weighted by Gasteiger charge is 2.26. The molecule has 0 spiro atoms. The van der Waals surface area contributed by atoms with E-state index in [1.807, 2.05) is 4.90 Å². The van der Waals surface area contributed by atoms with Crippen molar-refractivity contribution in [2.75, 3.05) is 18.0 Å². The fourth-order valence-corrected chi connectivity index (χ4v) is 2.31. The summed E-state index contributed by atoms with van der Waals surface area (Å²) in [6.07, 6.45) is 1.05. The summed E-state index contributed by atoms with van der Waals surface area (Å²) in [5.74, 6) is -0.657. The number of primary amides is 1. The van der Waals surface area contributed by atoms with Crippen molar-refractivity contribution in [3.63, 3.8) is 0 Å². The molecule has 4 N–H and O–H groups in total. The highest BCUT2D eigenvalue weighted by atomic mass is 19.1. The molecule has 1 aliphatic rings. The van der Waals surface area contributed by atoms with Gasteiger partial charge in [0.1, 0.15) is 5.82 Å². The van der Waals surface area contributed by atoms with E-state index in [2.05, 4.69) is 0 Å². The lowest BCUT2D eigenvalue weighted by Crippen LogP contribution is -2.42. The van der Waals surface area contributed by atoms with Crippen LogP contribution in [0.25, 0.3) is 0 Å². The molecule has 2 rings (SSSR count). The largest absolute Gasteiger partial charge is 0.370 e. The van der Waals surface area contributed by atoms with Crippen molar-refractivity contribution in [2.24, 2.45) is 11.5 Å². The first-order valence-electron chi connectivity index (χ1n) is 5.65. The molecule has 0 aromatic heterocycles. The summed E-state index contributed by atoms with van der Waals surface area (Å²) < 4.78 is 13.2. The van der Waals surface area contributed by atoms with E-state index >= 15 is 0 Å². The molecule has 0 saturated heterocycles. The topological polar surface area (TPSA) is 72.3 Å². The zero-order valence-corrected chi connectivity index (χ0v) is 9.53. The van der Waals surface area contributed by atoms with E-state index in [4.69, 9.17) is 11.5 Å². The second kappa shape index (κ2) is 4.71. The summed E-state index contributed by atoms with van der Waals surface area (Å²) in [6, 6.07) is 4.58. The third kappa shape index (κ3) is 2.39. The SMILES string of the molecule is NCC(CC(N)=O)N1CCc2ccc(F)cc21. The molecule has 5 heteroatoms. The molecule has 0 radical (unpaired) electrons. The summed E-state index contributed by atoms with van der Waals surface area (Å²) in [4.78, 5) is 12.9. The Kier molecular flexibility index (Phi) is 3.28. The predicted molar refractivity (Wildman–Crippen MR) is 64.1 cm³/mol. The Bertz CT molecular complexity index is 436. The molecular weight excluding hydrogens is 221 g/mol. The van der Waals surface area contributed by atoms with Crippen molar-refractivity contribution < 1.29 is 9.18 Å². The smallest absolute Gasteiger partial charge is 0.219 e. The molecule has 4 nitrogen and oxygen atoms in total. The van der Waals surface area contributed by atoms with Crippen LogP contribution in [0.2, 0.25) is 0 Å². The first kappa shape index (κ1) is 11.9. The number of nitrogens with zero attached hydrogens (tertiary/aromatic N) is 1. The molecule has 1 aromatic carbocycles. The number of benzene rings is 1. The number of carbonyl (C=O) groups is 1. The quantitative estimate of drug-likeness (QED) is 0.795. The minimum atomic E-state index is -0.384. The van der Waals surface area contributed by atoms with E-state index in [9.17, 15) is 9.18 Å².